The highest BCUT2D eigenvalue weighted by Gasteiger charge is 2.55. The molecule has 1 saturated carbocycles. The van der Waals surface area contributed by atoms with Gasteiger partial charge in [0, 0.05) is 19.2 Å². The molecule has 0 bridgehead atoms. The fraction of sp³-hybridized carbons (Fsp3) is 0.389. The van der Waals surface area contributed by atoms with Crippen molar-refractivity contribution in [1.29, 1.82) is 0 Å². The molecule has 0 unspecified atom stereocenters. The Bertz CT molecular complexity index is 781. The van der Waals surface area contributed by atoms with Gasteiger partial charge in [0.2, 0.25) is 5.76 Å². The molecule has 130 valence electrons. The van der Waals surface area contributed by atoms with Gasteiger partial charge in [0.05, 0.1) is 18.7 Å². The number of ether oxygens (including phenoxy) is 1. The molecule has 7 heteroatoms. The van der Waals surface area contributed by atoms with E-state index in [4.69, 9.17) is 9.26 Å². The van der Waals surface area contributed by atoms with E-state index in [0.717, 1.165) is 30.6 Å². The van der Waals surface area contributed by atoms with Crippen molar-refractivity contribution in [2.24, 2.45) is 0 Å². The van der Waals surface area contributed by atoms with Crippen molar-refractivity contribution >= 4 is 11.8 Å². The van der Waals surface area contributed by atoms with Gasteiger partial charge in [-0.3, -0.25) is 14.6 Å². The lowest BCUT2D eigenvalue weighted by Crippen LogP contribution is -2.48. The number of benzene rings is 1. The molecule has 25 heavy (non-hydrogen) atoms. The molecular formula is C18H19N3O4. The smallest absolute Gasteiger partial charge is 0.311 e. The van der Waals surface area contributed by atoms with E-state index in [1.165, 1.54) is 17.3 Å². The highest BCUT2D eigenvalue weighted by atomic mass is 16.5. The summed E-state index contributed by atoms with van der Waals surface area (Å²) in [5, 5.41) is 6.62. The van der Waals surface area contributed by atoms with Gasteiger partial charge in [0.1, 0.15) is 5.75 Å². The molecule has 7 nitrogen and oxygen atoms in total. The van der Waals surface area contributed by atoms with E-state index >= 15 is 0 Å². The summed E-state index contributed by atoms with van der Waals surface area (Å²) in [5.74, 6) is 0.557. The molecule has 0 radical (unpaired) electrons. The Hall–Kier alpha value is -2.83. The molecular weight excluding hydrogens is 322 g/mol. The predicted octanol–water partition coefficient (Wildman–Crippen LogP) is 2.00. The monoisotopic (exact) mass is 341 g/mol. The second-order valence-corrected chi connectivity index (χ2v) is 6.40. The van der Waals surface area contributed by atoms with E-state index in [1.807, 2.05) is 24.3 Å². The third-order valence-electron chi connectivity index (χ3n) is 4.95. The second-order valence-electron chi connectivity index (χ2n) is 6.40. The lowest BCUT2D eigenvalue weighted by Gasteiger charge is -2.30. The van der Waals surface area contributed by atoms with Crippen molar-refractivity contribution in [3.05, 3.63) is 47.9 Å². The van der Waals surface area contributed by atoms with Crippen LogP contribution in [0.5, 0.6) is 5.75 Å². The summed E-state index contributed by atoms with van der Waals surface area (Å²) in [5.41, 5.74) is 0.438. The first-order chi connectivity index (χ1) is 12.2. The Morgan fingerprint density at radius 3 is 2.44 bits per heavy atom. The molecule has 2 aliphatic rings. The van der Waals surface area contributed by atoms with Crippen molar-refractivity contribution in [2.45, 2.75) is 24.7 Å². The van der Waals surface area contributed by atoms with Crippen LogP contribution in [-0.2, 0) is 10.2 Å². The molecule has 4 rings (SSSR count). The van der Waals surface area contributed by atoms with E-state index in [1.54, 1.807) is 12.1 Å². The summed E-state index contributed by atoms with van der Waals surface area (Å²) >= 11 is 0. The molecule has 2 fully saturated rings. The zero-order valence-electron chi connectivity index (χ0n) is 14.0. The minimum absolute atomic E-state index is 0.0250. The maximum absolute atomic E-state index is 13.2. The number of hydrazine groups is 1. The Morgan fingerprint density at radius 1 is 1.12 bits per heavy atom. The highest BCUT2D eigenvalue weighted by molar-refractivity contribution is 5.96. The van der Waals surface area contributed by atoms with Gasteiger partial charge in [0.15, 0.2) is 0 Å². The number of methoxy groups -OCH3 is 1. The van der Waals surface area contributed by atoms with Gasteiger partial charge in [-0.15, -0.1) is 0 Å². The Kier molecular flexibility index (Phi) is 3.71. The average Bonchev–Trinajstić information content (AvgIpc) is 3.07. The van der Waals surface area contributed by atoms with Gasteiger partial charge >= 0.3 is 5.91 Å². The van der Waals surface area contributed by atoms with Gasteiger partial charge in [-0.05, 0) is 37.0 Å². The number of carbonyl (C=O) groups is 2. The SMILES string of the molecule is COc1ccc(C2(C(=O)N3CCCN3C(=O)c3ccno3)CC2)cc1. The number of amides is 2. The van der Waals surface area contributed by atoms with Crippen molar-refractivity contribution < 1.29 is 18.8 Å². The first kappa shape index (κ1) is 15.7. The van der Waals surface area contributed by atoms with Crippen LogP contribution in [0.1, 0.15) is 35.4 Å². The number of nitrogens with zero attached hydrogens (tertiary/aromatic N) is 3. The third-order valence-corrected chi connectivity index (χ3v) is 4.95. The first-order valence-electron chi connectivity index (χ1n) is 8.35. The van der Waals surface area contributed by atoms with Crippen LogP contribution in [-0.4, -0.2) is 47.2 Å². The molecule has 0 atom stereocenters. The Morgan fingerprint density at radius 2 is 1.84 bits per heavy atom. The molecule has 1 saturated heterocycles. The summed E-state index contributed by atoms with van der Waals surface area (Å²) < 4.78 is 10.1. The molecule has 2 heterocycles. The Balaban J connectivity index is 1.57. The maximum atomic E-state index is 13.2. The molecule has 1 aliphatic heterocycles. The highest BCUT2D eigenvalue weighted by Crippen LogP contribution is 2.50. The number of aromatic nitrogens is 1. The molecule has 0 spiro atoms. The van der Waals surface area contributed by atoms with Crippen LogP contribution in [0, 0.1) is 0 Å². The topological polar surface area (TPSA) is 75.9 Å². The molecule has 1 aromatic carbocycles. The Labute approximate surface area is 145 Å². The maximum Gasteiger partial charge on any atom is 0.311 e. The molecule has 2 amide bonds. The summed E-state index contributed by atoms with van der Waals surface area (Å²) in [4.78, 5) is 25.8. The zero-order valence-corrected chi connectivity index (χ0v) is 14.0. The largest absolute Gasteiger partial charge is 0.497 e. The van der Waals surface area contributed by atoms with Crippen molar-refractivity contribution in [3.63, 3.8) is 0 Å². The lowest BCUT2D eigenvalue weighted by atomic mass is 9.94. The fourth-order valence-corrected chi connectivity index (χ4v) is 3.40. The van der Waals surface area contributed by atoms with Gasteiger partial charge in [-0.2, -0.15) is 0 Å². The minimum atomic E-state index is -0.531. The average molecular weight is 341 g/mol. The summed E-state index contributed by atoms with van der Waals surface area (Å²) in [6.07, 6.45) is 3.76. The summed E-state index contributed by atoms with van der Waals surface area (Å²) in [6.45, 7) is 1.04. The van der Waals surface area contributed by atoms with Crippen molar-refractivity contribution in [3.8, 4) is 5.75 Å². The number of hydrogen-bond donors (Lipinski definition) is 0. The zero-order chi connectivity index (χ0) is 17.4. The quantitative estimate of drug-likeness (QED) is 0.850. The molecule has 1 aliphatic carbocycles. The number of rotatable bonds is 4. The van der Waals surface area contributed by atoms with E-state index in [9.17, 15) is 9.59 Å². The second kappa shape index (κ2) is 5.91. The van der Waals surface area contributed by atoms with Gasteiger partial charge in [-0.25, -0.2) is 5.01 Å². The van der Waals surface area contributed by atoms with E-state index in [2.05, 4.69) is 5.16 Å². The van der Waals surface area contributed by atoms with Gasteiger partial charge in [-0.1, -0.05) is 17.3 Å². The fourth-order valence-electron chi connectivity index (χ4n) is 3.40. The summed E-state index contributed by atoms with van der Waals surface area (Å²) in [6, 6.07) is 9.11. The third kappa shape index (κ3) is 2.56. The number of carbonyl (C=O) groups excluding carboxylic acids is 2. The normalized spacial score (nSPS) is 18.3. The van der Waals surface area contributed by atoms with E-state index in [-0.39, 0.29) is 17.6 Å². The van der Waals surface area contributed by atoms with Gasteiger partial charge in [0.25, 0.3) is 5.91 Å². The lowest BCUT2D eigenvalue weighted by molar-refractivity contribution is -0.143. The molecule has 0 N–H and O–H groups in total. The van der Waals surface area contributed by atoms with Crippen LogP contribution in [0.4, 0.5) is 0 Å². The first-order valence-corrected chi connectivity index (χ1v) is 8.35. The number of hydrogen-bond acceptors (Lipinski definition) is 5. The van der Waals surface area contributed by atoms with Crippen LogP contribution in [0.25, 0.3) is 0 Å². The molecule has 2 aromatic rings. The van der Waals surface area contributed by atoms with Crippen LogP contribution in [0.3, 0.4) is 0 Å². The molecule has 1 aromatic heterocycles. The minimum Gasteiger partial charge on any atom is -0.497 e. The van der Waals surface area contributed by atoms with E-state index < -0.39 is 5.41 Å². The van der Waals surface area contributed by atoms with Crippen molar-refractivity contribution in [1.82, 2.24) is 15.2 Å². The standard InChI is InChI=1S/C18H19N3O4/c1-24-14-5-3-13(4-6-14)18(8-9-18)17(23)21-12-2-11-20(21)16(22)15-7-10-19-25-15/h3-7,10H,2,8-9,11-12H2,1H3. The van der Waals surface area contributed by atoms with Gasteiger partial charge < -0.3 is 9.26 Å². The predicted molar refractivity (Wildman–Crippen MR) is 87.8 cm³/mol. The van der Waals surface area contributed by atoms with Crippen LogP contribution in [0.15, 0.2) is 41.1 Å². The van der Waals surface area contributed by atoms with Crippen LogP contribution < -0.4 is 4.74 Å². The van der Waals surface area contributed by atoms with E-state index in [0.29, 0.717) is 13.1 Å². The van der Waals surface area contributed by atoms with Crippen LogP contribution in [0.2, 0.25) is 0 Å². The van der Waals surface area contributed by atoms with Crippen LogP contribution >= 0.6 is 0 Å². The summed E-state index contributed by atoms with van der Waals surface area (Å²) in [7, 11) is 1.62. The van der Waals surface area contributed by atoms with Crippen molar-refractivity contribution in [2.75, 3.05) is 20.2 Å².